The maximum Gasteiger partial charge on any atom is 0.129 e. The van der Waals surface area contributed by atoms with Gasteiger partial charge in [0, 0.05) is 41.3 Å². The molecule has 1 aliphatic heterocycles. The van der Waals surface area contributed by atoms with Crippen molar-refractivity contribution >= 4 is 15.9 Å². The Morgan fingerprint density at radius 2 is 2.25 bits per heavy atom. The summed E-state index contributed by atoms with van der Waals surface area (Å²) in [7, 11) is 1.94. The average molecular weight is 336 g/mol. The number of benzene rings is 1. The van der Waals surface area contributed by atoms with E-state index in [9.17, 15) is 0 Å². The SMILES string of the molecule is CCc1nn(C)cc1C1CC(N)c2cc(Br)ccc2O1. The minimum atomic E-state index is -0.0117. The lowest BCUT2D eigenvalue weighted by molar-refractivity contribution is 0.160. The highest BCUT2D eigenvalue weighted by Gasteiger charge is 2.29. The highest BCUT2D eigenvalue weighted by molar-refractivity contribution is 9.10. The van der Waals surface area contributed by atoms with Crippen LogP contribution < -0.4 is 10.5 Å². The molecule has 2 N–H and O–H groups in total. The predicted octanol–water partition coefficient (Wildman–Crippen LogP) is 3.27. The van der Waals surface area contributed by atoms with Crippen LogP contribution in [0, 0.1) is 0 Å². The molecule has 20 heavy (non-hydrogen) atoms. The number of hydrogen-bond acceptors (Lipinski definition) is 3. The van der Waals surface area contributed by atoms with Gasteiger partial charge in [-0.3, -0.25) is 4.68 Å². The lowest BCUT2D eigenvalue weighted by Crippen LogP contribution is -2.24. The second kappa shape index (κ2) is 5.22. The molecule has 0 aliphatic carbocycles. The third kappa shape index (κ3) is 2.36. The first-order valence-electron chi connectivity index (χ1n) is 6.82. The van der Waals surface area contributed by atoms with E-state index in [2.05, 4.69) is 28.0 Å². The van der Waals surface area contributed by atoms with E-state index >= 15 is 0 Å². The van der Waals surface area contributed by atoms with Gasteiger partial charge in [-0.25, -0.2) is 0 Å². The monoisotopic (exact) mass is 335 g/mol. The quantitative estimate of drug-likeness (QED) is 0.916. The maximum atomic E-state index is 6.31. The minimum absolute atomic E-state index is 0.00818. The molecule has 0 fully saturated rings. The third-order valence-corrected chi connectivity index (χ3v) is 4.22. The predicted molar refractivity (Wildman–Crippen MR) is 81.6 cm³/mol. The first-order chi connectivity index (χ1) is 9.58. The summed E-state index contributed by atoms with van der Waals surface area (Å²) < 4.78 is 9.02. The number of fused-ring (bicyclic) bond motifs is 1. The number of nitrogens with zero attached hydrogens (tertiary/aromatic N) is 2. The fourth-order valence-corrected chi connectivity index (χ4v) is 3.14. The standard InChI is InChI=1S/C15H18BrN3O/c1-3-13-11(8-19(2)18-13)15-7-12(17)10-6-9(16)4-5-14(10)20-15/h4-6,8,12,15H,3,7,17H2,1-2H3. The second-order valence-corrected chi connectivity index (χ2v) is 6.10. The van der Waals surface area contributed by atoms with Crippen LogP contribution in [0.4, 0.5) is 0 Å². The maximum absolute atomic E-state index is 6.31. The van der Waals surface area contributed by atoms with Crippen LogP contribution in [0.1, 0.15) is 42.3 Å². The number of nitrogens with two attached hydrogens (primary N) is 1. The van der Waals surface area contributed by atoms with Crippen molar-refractivity contribution in [2.75, 3.05) is 0 Å². The van der Waals surface area contributed by atoms with Crippen molar-refractivity contribution in [1.82, 2.24) is 9.78 Å². The highest BCUT2D eigenvalue weighted by atomic mass is 79.9. The fourth-order valence-electron chi connectivity index (χ4n) is 2.76. The molecule has 2 unspecified atom stereocenters. The van der Waals surface area contributed by atoms with Gasteiger partial charge < -0.3 is 10.5 Å². The molecule has 106 valence electrons. The summed E-state index contributed by atoms with van der Waals surface area (Å²) in [6.07, 6.45) is 3.71. The third-order valence-electron chi connectivity index (χ3n) is 3.73. The smallest absolute Gasteiger partial charge is 0.129 e. The lowest BCUT2D eigenvalue weighted by atomic mass is 9.93. The van der Waals surface area contributed by atoms with E-state index in [-0.39, 0.29) is 12.1 Å². The summed E-state index contributed by atoms with van der Waals surface area (Å²) in [5, 5.41) is 4.49. The van der Waals surface area contributed by atoms with Crippen LogP contribution in [-0.4, -0.2) is 9.78 Å². The first kappa shape index (κ1) is 13.6. The van der Waals surface area contributed by atoms with Gasteiger partial charge in [-0.2, -0.15) is 5.10 Å². The molecule has 0 amide bonds. The Kier molecular flexibility index (Phi) is 3.56. The van der Waals surface area contributed by atoms with E-state index in [0.717, 1.165) is 39.9 Å². The normalized spacial score (nSPS) is 21.4. The molecular weight excluding hydrogens is 318 g/mol. The number of hydrogen-bond donors (Lipinski definition) is 1. The number of aromatic nitrogens is 2. The summed E-state index contributed by atoms with van der Waals surface area (Å²) in [5.74, 6) is 0.878. The molecule has 3 rings (SSSR count). The Balaban J connectivity index is 1.96. The molecule has 1 aliphatic rings. The summed E-state index contributed by atoms with van der Waals surface area (Å²) in [4.78, 5) is 0. The molecule has 0 saturated carbocycles. The van der Waals surface area contributed by atoms with Crippen LogP contribution >= 0.6 is 15.9 Å². The first-order valence-corrected chi connectivity index (χ1v) is 7.62. The molecule has 2 aromatic rings. The van der Waals surface area contributed by atoms with Crippen LogP contribution in [0.15, 0.2) is 28.9 Å². The molecule has 2 heterocycles. The van der Waals surface area contributed by atoms with Crippen molar-refractivity contribution in [3.8, 4) is 5.75 Å². The number of aryl methyl sites for hydroxylation is 2. The Hall–Kier alpha value is -1.33. The average Bonchev–Trinajstić information content (AvgIpc) is 2.80. The molecule has 1 aromatic heterocycles. The lowest BCUT2D eigenvalue weighted by Gasteiger charge is -2.30. The number of rotatable bonds is 2. The van der Waals surface area contributed by atoms with E-state index in [0.29, 0.717) is 0 Å². The molecule has 1 aromatic carbocycles. The zero-order valence-electron chi connectivity index (χ0n) is 11.6. The second-order valence-electron chi connectivity index (χ2n) is 5.19. The molecule has 0 bridgehead atoms. The van der Waals surface area contributed by atoms with Gasteiger partial charge in [-0.05, 0) is 24.6 Å². The van der Waals surface area contributed by atoms with Crippen LogP contribution in [0.5, 0.6) is 5.75 Å². The number of ether oxygens (including phenoxy) is 1. The molecule has 4 nitrogen and oxygen atoms in total. The van der Waals surface area contributed by atoms with E-state index in [1.807, 2.05) is 36.1 Å². The zero-order chi connectivity index (χ0) is 14.3. The van der Waals surface area contributed by atoms with Crippen LogP contribution in [0.2, 0.25) is 0 Å². The van der Waals surface area contributed by atoms with Crippen molar-refractivity contribution in [2.24, 2.45) is 12.8 Å². The van der Waals surface area contributed by atoms with Gasteiger partial charge in [0.05, 0.1) is 5.69 Å². The Morgan fingerprint density at radius 1 is 1.45 bits per heavy atom. The summed E-state index contributed by atoms with van der Waals surface area (Å²) in [6, 6.07) is 6.00. The summed E-state index contributed by atoms with van der Waals surface area (Å²) in [5.41, 5.74) is 9.62. The van der Waals surface area contributed by atoms with Gasteiger partial charge in [-0.1, -0.05) is 22.9 Å². The Morgan fingerprint density at radius 3 is 3.00 bits per heavy atom. The molecule has 0 saturated heterocycles. The topological polar surface area (TPSA) is 53.1 Å². The van der Waals surface area contributed by atoms with Crippen LogP contribution in [-0.2, 0) is 13.5 Å². The van der Waals surface area contributed by atoms with Gasteiger partial charge in [0.1, 0.15) is 11.9 Å². The van der Waals surface area contributed by atoms with Crippen molar-refractivity contribution in [3.05, 3.63) is 45.7 Å². The molecular formula is C15H18BrN3O. The molecule has 5 heteroatoms. The van der Waals surface area contributed by atoms with Crippen molar-refractivity contribution in [3.63, 3.8) is 0 Å². The zero-order valence-corrected chi connectivity index (χ0v) is 13.2. The molecule has 2 atom stereocenters. The van der Waals surface area contributed by atoms with Gasteiger partial charge in [0.15, 0.2) is 0 Å². The van der Waals surface area contributed by atoms with Crippen molar-refractivity contribution in [1.29, 1.82) is 0 Å². The fraction of sp³-hybridized carbons (Fsp3) is 0.400. The van der Waals surface area contributed by atoms with Crippen molar-refractivity contribution in [2.45, 2.75) is 31.9 Å². The number of halogens is 1. The minimum Gasteiger partial charge on any atom is -0.485 e. The van der Waals surface area contributed by atoms with E-state index in [1.54, 1.807) is 0 Å². The van der Waals surface area contributed by atoms with E-state index in [1.165, 1.54) is 0 Å². The highest BCUT2D eigenvalue weighted by Crippen LogP contribution is 2.41. The van der Waals surface area contributed by atoms with Gasteiger partial charge >= 0.3 is 0 Å². The summed E-state index contributed by atoms with van der Waals surface area (Å²) in [6.45, 7) is 2.11. The Labute approximate surface area is 127 Å². The molecule has 0 spiro atoms. The largest absolute Gasteiger partial charge is 0.485 e. The molecule has 0 radical (unpaired) electrons. The van der Waals surface area contributed by atoms with Gasteiger partial charge in [0.2, 0.25) is 0 Å². The Bertz CT molecular complexity index is 638. The van der Waals surface area contributed by atoms with Crippen LogP contribution in [0.3, 0.4) is 0 Å². The van der Waals surface area contributed by atoms with Gasteiger partial charge in [-0.15, -0.1) is 0 Å². The summed E-state index contributed by atoms with van der Waals surface area (Å²) >= 11 is 3.48. The van der Waals surface area contributed by atoms with Gasteiger partial charge in [0.25, 0.3) is 0 Å². The van der Waals surface area contributed by atoms with E-state index < -0.39 is 0 Å². The van der Waals surface area contributed by atoms with Crippen molar-refractivity contribution < 1.29 is 4.74 Å². The van der Waals surface area contributed by atoms with Crippen LogP contribution in [0.25, 0.3) is 0 Å². The van der Waals surface area contributed by atoms with E-state index in [4.69, 9.17) is 10.5 Å².